The third kappa shape index (κ3) is 3.62. The Morgan fingerprint density at radius 1 is 1.47 bits per heavy atom. The van der Waals surface area contributed by atoms with Gasteiger partial charge < -0.3 is 10.5 Å². The summed E-state index contributed by atoms with van der Waals surface area (Å²) in [7, 11) is 0. The first-order chi connectivity index (χ1) is 7.13. The summed E-state index contributed by atoms with van der Waals surface area (Å²) in [5.41, 5.74) is 6.82. The van der Waals surface area contributed by atoms with Crippen LogP contribution in [0.2, 0.25) is 0 Å². The Labute approximate surface area is 90.2 Å². The van der Waals surface area contributed by atoms with Crippen LogP contribution in [0.15, 0.2) is 18.2 Å². The lowest BCUT2D eigenvalue weighted by Crippen LogP contribution is -2.03. The Hall–Kier alpha value is -1.51. The number of carbonyl (C=O) groups excluding carboxylic acids is 1. The van der Waals surface area contributed by atoms with Crippen molar-refractivity contribution in [3.63, 3.8) is 0 Å². The van der Waals surface area contributed by atoms with Gasteiger partial charge in [-0.1, -0.05) is 13.8 Å². The van der Waals surface area contributed by atoms with Gasteiger partial charge in [-0.25, -0.2) is 0 Å². The van der Waals surface area contributed by atoms with Crippen LogP contribution in [0, 0.1) is 5.92 Å². The van der Waals surface area contributed by atoms with Gasteiger partial charge in [0.15, 0.2) is 0 Å². The van der Waals surface area contributed by atoms with E-state index in [1.54, 1.807) is 18.2 Å². The molecule has 2 N–H and O–H groups in total. The number of ether oxygens (including phenoxy) is 1. The molecule has 0 saturated carbocycles. The number of rotatable bonds is 5. The standard InChI is InChI=1S/C12H17NO2/c1-9(2)5-6-15-12-4-3-10(8-14)7-11(12)13/h3-4,7-9H,5-6,13H2,1-2H3. The van der Waals surface area contributed by atoms with Crippen LogP contribution < -0.4 is 10.5 Å². The number of carbonyl (C=O) groups is 1. The highest BCUT2D eigenvalue weighted by Crippen LogP contribution is 2.22. The number of benzene rings is 1. The molecule has 1 rings (SSSR count). The van der Waals surface area contributed by atoms with E-state index in [1.165, 1.54) is 0 Å². The van der Waals surface area contributed by atoms with Crippen molar-refractivity contribution in [1.82, 2.24) is 0 Å². The average molecular weight is 207 g/mol. The Morgan fingerprint density at radius 2 is 2.20 bits per heavy atom. The van der Waals surface area contributed by atoms with Gasteiger partial charge in [-0.2, -0.15) is 0 Å². The van der Waals surface area contributed by atoms with Crippen LogP contribution >= 0.6 is 0 Å². The Balaban J connectivity index is 2.58. The highest BCUT2D eigenvalue weighted by molar-refractivity contribution is 5.78. The number of hydrogen-bond acceptors (Lipinski definition) is 3. The highest BCUT2D eigenvalue weighted by atomic mass is 16.5. The summed E-state index contributed by atoms with van der Waals surface area (Å²) in [6, 6.07) is 5.06. The van der Waals surface area contributed by atoms with Crippen molar-refractivity contribution >= 4 is 12.0 Å². The van der Waals surface area contributed by atoms with Gasteiger partial charge in [0, 0.05) is 5.56 Å². The van der Waals surface area contributed by atoms with Crippen LogP contribution in [0.3, 0.4) is 0 Å². The fourth-order valence-electron chi connectivity index (χ4n) is 1.18. The van der Waals surface area contributed by atoms with Crippen molar-refractivity contribution in [1.29, 1.82) is 0 Å². The van der Waals surface area contributed by atoms with E-state index in [4.69, 9.17) is 10.5 Å². The molecule has 0 aliphatic carbocycles. The molecule has 1 aromatic rings. The van der Waals surface area contributed by atoms with Crippen LogP contribution in [-0.2, 0) is 0 Å². The smallest absolute Gasteiger partial charge is 0.150 e. The van der Waals surface area contributed by atoms with Crippen molar-refractivity contribution in [2.45, 2.75) is 20.3 Å². The third-order valence-corrected chi connectivity index (χ3v) is 2.12. The summed E-state index contributed by atoms with van der Waals surface area (Å²) in [6.07, 6.45) is 1.77. The molecule has 0 amide bonds. The van der Waals surface area contributed by atoms with Gasteiger partial charge in [0.1, 0.15) is 12.0 Å². The van der Waals surface area contributed by atoms with Gasteiger partial charge in [0.05, 0.1) is 12.3 Å². The predicted octanol–water partition coefficient (Wildman–Crippen LogP) is 2.51. The lowest BCUT2D eigenvalue weighted by molar-refractivity contribution is 0.112. The van der Waals surface area contributed by atoms with Crippen molar-refractivity contribution < 1.29 is 9.53 Å². The van der Waals surface area contributed by atoms with Crippen LogP contribution in [0.5, 0.6) is 5.75 Å². The normalized spacial score (nSPS) is 10.3. The maximum atomic E-state index is 10.5. The first kappa shape index (κ1) is 11.6. The summed E-state index contributed by atoms with van der Waals surface area (Å²) < 4.78 is 5.51. The third-order valence-electron chi connectivity index (χ3n) is 2.12. The number of hydrogen-bond donors (Lipinski definition) is 1. The summed E-state index contributed by atoms with van der Waals surface area (Å²) >= 11 is 0. The zero-order valence-corrected chi connectivity index (χ0v) is 9.19. The minimum Gasteiger partial charge on any atom is -0.491 e. The van der Waals surface area contributed by atoms with Gasteiger partial charge in [0.25, 0.3) is 0 Å². The predicted molar refractivity (Wildman–Crippen MR) is 61.2 cm³/mol. The number of anilines is 1. The van der Waals surface area contributed by atoms with Crippen molar-refractivity contribution in [3.05, 3.63) is 23.8 Å². The molecule has 0 unspecified atom stereocenters. The topological polar surface area (TPSA) is 52.3 Å². The summed E-state index contributed by atoms with van der Waals surface area (Å²) in [4.78, 5) is 10.5. The van der Waals surface area contributed by atoms with Crippen LogP contribution in [0.4, 0.5) is 5.69 Å². The summed E-state index contributed by atoms with van der Waals surface area (Å²) in [5.74, 6) is 1.27. The van der Waals surface area contributed by atoms with E-state index in [0.29, 0.717) is 29.5 Å². The van der Waals surface area contributed by atoms with Crippen LogP contribution in [0.25, 0.3) is 0 Å². The minimum atomic E-state index is 0.517. The van der Waals surface area contributed by atoms with Crippen molar-refractivity contribution in [2.75, 3.05) is 12.3 Å². The van der Waals surface area contributed by atoms with Gasteiger partial charge >= 0.3 is 0 Å². The van der Waals surface area contributed by atoms with Gasteiger partial charge in [-0.3, -0.25) is 4.79 Å². The van der Waals surface area contributed by atoms with E-state index in [0.717, 1.165) is 12.7 Å². The average Bonchev–Trinajstić information content (AvgIpc) is 2.20. The molecule has 0 aliphatic heterocycles. The lowest BCUT2D eigenvalue weighted by atomic mass is 10.1. The van der Waals surface area contributed by atoms with Gasteiger partial charge in [-0.05, 0) is 30.5 Å². The molecule has 0 fully saturated rings. The SMILES string of the molecule is CC(C)CCOc1ccc(C=O)cc1N. The quantitative estimate of drug-likeness (QED) is 0.596. The van der Waals surface area contributed by atoms with Crippen LogP contribution in [-0.4, -0.2) is 12.9 Å². The van der Waals surface area contributed by atoms with E-state index < -0.39 is 0 Å². The second kappa shape index (κ2) is 5.39. The van der Waals surface area contributed by atoms with E-state index in [1.807, 2.05) is 0 Å². The fourth-order valence-corrected chi connectivity index (χ4v) is 1.18. The fraction of sp³-hybridized carbons (Fsp3) is 0.417. The summed E-state index contributed by atoms with van der Waals surface area (Å²) in [5, 5.41) is 0. The molecule has 3 nitrogen and oxygen atoms in total. The van der Waals surface area contributed by atoms with E-state index in [2.05, 4.69) is 13.8 Å². The zero-order chi connectivity index (χ0) is 11.3. The maximum absolute atomic E-state index is 10.5. The first-order valence-electron chi connectivity index (χ1n) is 5.11. The Morgan fingerprint density at radius 3 is 2.73 bits per heavy atom. The molecule has 3 heteroatoms. The van der Waals surface area contributed by atoms with Crippen molar-refractivity contribution in [2.24, 2.45) is 5.92 Å². The van der Waals surface area contributed by atoms with Gasteiger partial charge in [0.2, 0.25) is 0 Å². The van der Waals surface area contributed by atoms with Crippen LogP contribution in [0.1, 0.15) is 30.6 Å². The summed E-state index contributed by atoms with van der Waals surface area (Å²) in [6.45, 7) is 4.94. The number of nitrogens with two attached hydrogens (primary N) is 1. The number of aldehydes is 1. The molecule has 1 aromatic carbocycles. The Kier molecular flexibility index (Phi) is 4.16. The zero-order valence-electron chi connectivity index (χ0n) is 9.19. The Bertz CT molecular complexity index is 334. The highest BCUT2D eigenvalue weighted by Gasteiger charge is 2.02. The van der Waals surface area contributed by atoms with E-state index in [9.17, 15) is 4.79 Å². The number of nitrogen functional groups attached to an aromatic ring is 1. The molecule has 0 spiro atoms. The molecular formula is C12H17NO2. The maximum Gasteiger partial charge on any atom is 0.150 e. The minimum absolute atomic E-state index is 0.517. The second-order valence-corrected chi connectivity index (χ2v) is 3.95. The van der Waals surface area contributed by atoms with Gasteiger partial charge in [-0.15, -0.1) is 0 Å². The largest absolute Gasteiger partial charge is 0.491 e. The molecule has 82 valence electrons. The monoisotopic (exact) mass is 207 g/mol. The second-order valence-electron chi connectivity index (χ2n) is 3.95. The molecule has 0 bridgehead atoms. The molecule has 0 atom stereocenters. The first-order valence-corrected chi connectivity index (χ1v) is 5.11. The van der Waals surface area contributed by atoms with E-state index in [-0.39, 0.29) is 0 Å². The van der Waals surface area contributed by atoms with Crippen molar-refractivity contribution in [3.8, 4) is 5.75 Å². The molecule has 15 heavy (non-hydrogen) atoms. The molecule has 0 heterocycles. The molecular weight excluding hydrogens is 190 g/mol. The molecule has 0 aromatic heterocycles. The molecule has 0 aliphatic rings. The molecule has 0 saturated heterocycles. The lowest BCUT2D eigenvalue weighted by Gasteiger charge is -2.10. The molecule has 0 radical (unpaired) electrons. The van der Waals surface area contributed by atoms with E-state index >= 15 is 0 Å².